The molecule has 1 atom stereocenters. The zero-order valence-electron chi connectivity index (χ0n) is 8.32. The lowest BCUT2D eigenvalue weighted by Gasteiger charge is -2.15. The van der Waals surface area contributed by atoms with Crippen molar-refractivity contribution in [3.63, 3.8) is 0 Å². The van der Waals surface area contributed by atoms with Crippen LogP contribution in [-0.2, 0) is 0 Å². The molecule has 1 nitrogen and oxygen atoms in total. The summed E-state index contributed by atoms with van der Waals surface area (Å²) in [6, 6.07) is 0.770. The van der Waals surface area contributed by atoms with E-state index in [-0.39, 0.29) is 0 Å². The second-order valence-electron chi connectivity index (χ2n) is 3.20. The molecular weight excluding hydrogens is 134 g/mol. The minimum absolute atomic E-state index is 0.770. The van der Waals surface area contributed by atoms with Crippen molar-refractivity contribution >= 4 is 0 Å². The Hall–Kier alpha value is -0.0400. The van der Waals surface area contributed by atoms with Gasteiger partial charge in [-0.3, -0.25) is 0 Å². The summed E-state index contributed by atoms with van der Waals surface area (Å²) < 4.78 is 0. The molecule has 0 bridgehead atoms. The molecule has 0 saturated carbocycles. The number of hydrogen-bond donors (Lipinski definition) is 1. The molecule has 0 spiro atoms. The number of unbranched alkanes of at least 4 members (excludes halogenated alkanes) is 1. The number of rotatable bonds is 7. The fraction of sp³-hybridized carbons (Fsp3) is 1.00. The zero-order chi connectivity index (χ0) is 8.53. The maximum Gasteiger partial charge on any atom is 0.00643 e. The van der Waals surface area contributed by atoms with Crippen LogP contribution < -0.4 is 5.32 Å². The highest BCUT2D eigenvalue weighted by molar-refractivity contribution is 4.63. The first-order valence-corrected chi connectivity index (χ1v) is 5.08. The Morgan fingerprint density at radius 3 is 2.27 bits per heavy atom. The molecule has 1 unspecified atom stereocenters. The highest BCUT2D eigenvalue weighted by Gasteiger charge is 2.01. The maximum atomic E-state index is 3.57. The second kappa shape index (κ2) is 8.06. The molecule has 68 valence electrons. The van der Waals surface area contributed by atoms with Crippen molar-refractivity contribution in [2.24, 2.45) is 0 Å². The van der Waals surface area contributed by atoms with Crippen LogP contribution >= 0.6 is 0 Å². The monoisotopic (exact) mass is 157 g/mol. The van der Waals surface area contributed by atoms with Gasteiger partial charge in [-0.1, -0.05) is 33.6 Å². The summed E-state index contributed by atoms with van der Waals surface area (Å²) in [5.74, 6) is 0. The van der Waals surface area contributed by atoms with E-state index in [9.17, 15) is 0 Å². The van der Waals surface area contributed by atoms with Gasteiger partial charge in [0.05, 0.1) is 0 Å². The van der Waals surface area contributed by atoms with Crippen LogP contribution in [0.3, 0.4) is 0 Å². The summed E-state index contributed by atoms with van der Waals surface area (Å²) in [6.45, 7) is 7.96. The molecule has 0 fully saturated rings. The van der Waals surface area contributed by atoms with Crippen molar-refractivity contribution in [1.82, 2.24) is 5.32 Å². The van der Waals surface area contributed by atoms with Crippen molar-refractivity contribution in [2.75, 3.05) is 6.54 Å². The Morgan fingerprint density at radius 1 is 1.09 bits per heavy atom. The molecule has 0 aromatic carbocycles. The van der Waals surface area contributed by atoms with Crippen LogP contribution in [-0.4, -0.2) is 12.6 Å². The summed E-state index contributed by atoms with van der Waals surface area (Å²) in [6.07, 6.45) is 6.53. The topological polar surface area (TPSA) is 12.0 Å². The van der Waals surface area contributed by atoms with Crippen LogP contribution in [0.25, 0.3) is 0 Å². The van der Waals surface area contributed by atoms with Gasteiger partial charge >= 0.3 is 0 Å². The first kappa shape index (κ1) is 11.0. The molecule has 0 amide bonds. The van der Waals surface area contributed by atoms with Gasteiger partial charge in [-0.2, -0.15) is 0 Å². The predicted octanol–water partition coefficient (Wildman–Crippen LogP) is 2.95. The van der Waals surface area contributed by atoms with E-state index >= 15 is 0 Å². The van der Waals surface area contributed by atoms with Crippen LogP contribution in [0.1, 0.15) is 52.9 Å². The van der Waals surface area contributed by atoms with Crippen molar-refractivity contribution in [3.05, 3.63) is 0 Å². The van der Waals surface area contributed by atoms with Crippen molar-refractivity contribution < 1.29 is 0 Å². The lowest BCUT2D eigenvalue weighted by atomic mass is 10.1. The molecule has 0 aliphatic carbocycles. The van der Waals surface area contributed by atoms with Crippen molar-refractivity contribution in [3.8, 4) is 0 Å². The van der Waals surface area contributed by atoms with E-state index in [0.717, 1.165) is 6.04 Å². The quantitative estimate of drug-likeness (QED) is 0.560. The smallest absolute Gasteiger partial charge is 0.00643 e. The summed E-state index contributed by atoms with van der Waals surface area (Å²) in [4.78, 5) is 0. The van der Waals surface area contributed by atoms with Crippen LogP contribution in [0.15, 0.2) is 0 Å². The fourth-order valence-corrected chi connectivity index (χ4v) is 1.28. The first-order chi connectivity index (χ1) is 5.35. The summed E-state index contributed by atoms with van der Waals surface area (Å²) in [5, 5.41) is 3.57. The van der Waals surface area contributed by atoms with E-state index in [4.69, 9.17) is 0 Å². The fourth-order valence-electron chi connectivity index (χ4n) is 1.28. The molecular formula is C10H23N. The van der Waals surface area contributed by atoms with Gasteiger partial charge in [-0.05, 0) is 25.8 Å². The number of nitrogens with one attached hydrogen (secondary N) is 1. The Bertz CT molecular complexity index is 71.3. The standard InChI is InChI=1S/C10H23N/c1-4-7-9-11-10(6-3)8-5-2/h10-11H,4-9H2,1-3H3. The van der Waals surface area contributed by atoms with Crippen molar-refractivity contribution in [2.45, 2.75) is 58.9 Å². The first-order valence-electron chi connectivity index (χ1n) is 5.08. The van der Waals surface area contributed by atoms with Gasteiger partial charge in [0.2, 0.25) is 0 Å². The van der Waals surface area contributed by atoms with E-state index in [1.807, 2.05) is 0 Å². The minimum atomic E-state index is 0.770. The molecule has 0 aliphatic rings. The maximum absolute atomic E-state index is 3.57. The van der Waals surface area contributed by atoms with E-state index < -0.39 is 0 Å². The molecule has 0 rings (SSSR count). The third-order valence-corrected chi connectivity index (χ3v) is 2.09. The molecule has 0 aromatic heterocycles. The SMILES string of the molecule is CCCCNC(CC)CCC. The Morgan fingerprint density at radius 2 is 1.82 bits per heavy atom. The molecule has 11 heavy (non-hydrogen) atoms. The van der Waals surface area contributed by atoms with Gasteiger partial charge in [-0.25, -0.2) is 0 Å². The lowest BCUT2D eigenvalue weighted by molar-refractivity contribution is 0.457. The molecule has 1 N–H and O–H groups in total. The van der Waals surface area contributed by atoms with Gasteiger partial charge in [0.1, 0.15) is 0 Å². The average molecular weight is 157 g/mol. The third kappa shape index (κ3) is 6.36. The Labute approximate surface area is 71.6 Å². The van der Waals surface area contributed by atoms with E-state index in [1.165, 1.54) is 38.6 Å². The van der Waals surface area contributed by atoms with E-state index in [0.29, 0.717) is 0 Å². The van der Waals surface area contributed by atoms with Crippen LogP contribution in [0.4, 0.5) is 0 Å². The number of hydrogen-bond acceptors (Lipinski definition) is 1. The largest absolute Gasteiger partial charge is 0.314 e. The van der Waals surface area contributed by atoms with Gasteiger partial charge in [0.25, 0.3) is 0 Å². The molecule has 0 heterocycles. The third-order valence-electron chi connectivity index (χ3n) is 2.09. The summed E-state index contributed by atoms with van der Waals surface area (Å²) in [7, 11) is 0. The highest BCUT2D eigenvalue weighted by Crippen LogP contribution is 2.00. The Balaban J connectivity index is 3.20. The average Bonchev–Trinajstić information content (AvgIpc) is 2.03. The Kier molecular flexibility index (Phi) is 8.03. The van der Waals surface area contributed by atoms with Gasteiger partial charge < -0.3 is 5.32 Å². The second-order valence-corrected chi connectivity index (χ2v) is 3.20. The van der Waals surface area contributed by atoms with E-state index in [1.54, 1.807) is 0 Å². The van der Waals surface area contributed by atoms with Crippen LogP contribution in [0, 0.1) is 0 Å². The van der Waals surface area contributed by atoms with Crippen molar-refractivity contribution in [1.29, 1.82) is 0 Å². The van der Waals surface area contributed by atoms with Crippen LogP contribution in [0.2, 0.25) is 0 Å². The molecule has 0 aromatic rings. The van der Waals surface area contributed by atoms with Gasteiger partial charge in [-0.15, -0.1) is 0 Å². The molecule has 1 heteroatoms. The van der Waals surface area contributed by atoms with Gasteiger partial charge in [0, 0.05) is 6.04 Å². The lowest BCUT2D eigenvalue weighted by Crippen LogP contribution is -2.28. The molecule has 0 radical (unpaired) electrons. The summed E-state index contributed by atoms with van der Waals surface area (Å²) >= 11 is 0. The zero-order valence-corrected chi connectivity index (χ0v) is 8.32. The van der Waals surface area contributed by atoms with E-state index in [2.05, 4.69) is 26.1 Å². The molecule has 0 aliphatic heterocycles. The molecule has 0 saturated heterocycles. The predicted molar refractivity (Wildman–Crippen MR) is 51.9 cm³/mol. The normalized spacial score (nSPS) is 13.4. The minimum Gasteiger partial charge on any atom is -0.314 e. The summed E-state index contributed by atoms with van der Waals surface area (Å²) in [5.41, 5.74) is 0. The van der Waals surface area contributed by atoms with Gasteiger partial charge in [0.15, 0.2) is 0 Å². The van der Waals surface area contributed by atoms with Crippen LogP contribution in [0.5, 0.6) is 0 Å². The highest BCUT2D eigenvalue weighted by atomic mass is 14.9.